The summed E-state index contributed by atoms with van der Waals surface area (Å²) in [4.78, 5) is 14.1. The Morgan fingerprint density at radius 3 is 2.19 bits per heavy atom. The molecule has 0 radical (unpaired) electrons. The third kappa shape index (κ3) is 6.82. The van der Waals surface area contributed by atoms with E-state index < -0.39 is 0 Å². The zero-order valence-corrected chi connectivity index (χ0v) is 14.1. The molecule has 1 saturated heterocycles. The summed E-state index contributed by atoms with van der Waals surface area (Å²) in [6.07, 6.45) is 13.3. The summed E-state index contributed by atoms with van der Waals surface area (Å²) >= 11 is 0. The van der Waals surface area contributed by atoms with E-state index >= 15 is 0 Å². The summed E-state index contributed by atoms with van der Waals surface area (Å²) in [6.45, 7) is 5.33. The first kappa shape index (κ1) is 18.5. The number of carbonyl (C=O) groups is 1. The normalized spacial score (nSPS) is 22.0. The largest absolute Gasteiger partial charge is 0.394 e. The number of hydrogen-bond donors (Lipinski definition) is 1. The smallest absolute Gasteiger partial charge is 0.222 e. The molecule has 1 amide bonds. The number of carbonyl (C=O) groups excluding carboxylic acids is 1. The highest BCUT2D eigenvalue weighted by Crippen LogP contribution is 2.24. The fourth-order valence-electron chi connectivity index (χ4n) is 3.33. The van der Waals surface area contributed by atoms with Crippen LogP contribution in [0.25, 0.3) is 0 Å². The Balaban J connectivity index is 2.01. The molecule has 0 spiro atoms. The number of hydrogen-bond acceptors (Lipinski definition) is 2. The van der Waals surface area contributed by atoms with E-state index in [0.717, 1.165) is 19.4 Å². The molecule has 0 aliphatic carbocycles. The maximum atomic E-state index is 12.2. The standard InChI is InChI=1S/C18H35NO2/c1-3-4-5-6-7-8-9-10-11-12-18(21)19-14-13-16(2)17(19)15-20/h16-17,20H,3-15H2,1-2H3. The Morgan fingerprint density at radius 1 is 1.05 bits per heavy atom. The van der Waals surface area contributed by atoms with Gasteiger partial charge in [-0.05, 0) is 18.8 Å². The molecule has 0 bridgehead atoms. The van der Waals surface area contributed by atoms with Gasteiger partial charge in [0.1, 0.15) is 0 Å². The Bertz CT molecular complexity index is 280. The third-order valence-electron chi connectivity index (χ3n) is 4.88. The Morgan fingerprint density at radius 2 is 1.62 bits per heavy atom. The van der Waals surface area contributed by atoms with E-state index in [1.165, 1.54) is 51.4 Å². The Kier molecular flexibility index (Phi) is 9.73. The molecule has 1 fully saturated rings. The van der Waals surface area contributed by atoms with Crippen LogP contribution < -0.4 is 0 Å². The number of rotatable bonds is 11. The molecule has 2 atom stereocenters. The van der Waals surface area contributed by atoms with Crippen LogP contribution in [0.15, 0.2) is 0 Å². The van der Waals surface area contributed by atoms with Gasteiger partial charge in [0.25, 0.3) is 0 Å². The summed E-state index contributed by atoms with van der Waals surface area (Å²) in [5.74, 6) is 0.698. The number of unbranched alkanes of at least 4 members (excludes halogenated alkanes) is 8. The van der Waals surface area contributed by atoms with Crippen molar-refractivity contribution in [3.8, 4) is 0 Å². The van der Waals surface area contributed by atoms with Gasteiger partial charge in [-0.3, -0.25) is 4.79 Å². The van der Waals surface area contributed by atoms with Gasteiger partial charge < -0.3 is 10.0 Å². The van der Waals surface area contributed by atoms with Gasteiger partial charge in [0, 0.05) is 13.0 Å². The predicted octanol–water partition coefficient (Wildman–Crippen LogP) is 4.14. The molecule has 1 aliphatic heterocycles. The number of aliphatic hydroxyl groups is 1. The minimum Gasteiger partial charge on any atom is -0.394 e. The Labute approximate surface area is 131 Å². The lowest BCUT2D eigenvalue weighted by atomic mass is 10.0. The van der Waals surface area contributed by atoms with Crippen molar-refractivity contribution < 1.29 is 9.90 Å². The SMILES string of the molecule is CCCCCCCCCCCC(=O)N1CCC(C)C1CO. The first-order valence-electron chi connectivity index (χ1n) is 9.11. The van der Waals surface area contributed by atoms with Crippen molar-refractivity contribution >= 4 is 5.91 Å². The van der Waals surface area contributed by atoms with E-state index in [1.807, 2.05) is 4.90 Å². The van der Waals surface area contributed by atoms with Gasteiger partial charge >= 0.3 is 0 Å². The first-order chi connectivity index (χ1) is 10.2. The van der Waals surface area contributed by atoms with E-state index in [-0.39, 0.29) is 18.6 Å². The van der Waals surface area contributed by atoms with Gasteiger partial charge in [-0.2, -0.15) is 0 Å². The van der Waals surface area contributed by atoms with Crippen molar-refractivity contribution in [2.24, 2.45) is 5.92 Å². The van der Waals surface area contributed by atoms with Crippen LogP contribution in [0.4, 0.5) is 0 Å². The molecule has 1 aliphatic rings. The van der Waals surface area contributed by atoms with Crippen molar-refractivity contribution in [3.05, 3.63) is 0 Å². The van der Waals surface area contributed by atoms with E-state index in [2.05, 4.69) is 13.8 Å². The molecule has 3 nitrogen and oxygen atoms in total. The predicted molar refractivity (Wildman–Crippen MR) is 88.2 cm³/mol. The molecule has 3 heteroatoms. The van der Waals surface area contributed by atoms with Crippen molar-refractivity contribution in [2.75, 3.05) is 13.2 Å². The monoisotopic (exact) mass is 297 g/mol. The number of aliphatic hydroxyl groups excluding tert-OH is 1. The fraction of sp³-hybridized carbons (Fsp3) is 0.944. The second-order valence-corrected chi connectivity index (χ2v) is 6.68. The van der Waals surface area contributed by atoms with Crippen molar-refractivity contribution in [1.82, 2.24) is 4.90 Å². The summed E-state index contributed by atoms with van der Waals surface area (Å²) in [6, 6.07) is 0.0658. The third-order valence-corrected chi connectivity index (χ3v) is 4.88. The minimum atomic E-state index is 0.0658. The molecule has 1 N–H and O–H groups in total. The van der Waals surface area contributed by atoms with E-state index in [1.54, 1.807) is 0 Å². The highest BCUT2D eigenvalue weighted by molar-refractivity contribution is 5.76. The van der Waals surface area contributed by atoms with Gasteiger partial charge in [0.15, 0.2) is 0 Å². The van der Waals surface area contributed by atoms with Crippen LogP contribution in [0.2, 0.25) is 0 Å². The zero-order chi connectivity index (χ0) is 15.5. The van der Waals surface area contributed by atoms with Crippen LogP contribution in [0.1, 0.15) is 84.5 Å². The summed E-state index contributed by atoms with van der Waals surface area (Å²) in [5, 5.41) is 9.39. The quantitative estimate of drug-likeness (QED) is 0.582. The molecular formula is C18H35NO2. The number of likely N-dealkylation sites (tertiary alicyclic amines) is 1. The molecule has 0 saturated carbocycles. The Hall–Kier alpha value is -0.570. The van der Waals surface area contributed by atoms with E-state index in [0.29, 0.717) is 12.3 Å². The van der Waals surface area contributed by atoms with E-state index in [4.69, 9.17) is 0 Å². The van der Waals surface area contributed by atoms with Crippen LogP contribution in [0.5, 0.6) is 0 Å². The average molecular weight is 297 g/mol. The van der Waals surface area contributed by atoms with Crippen LogP contribution in [-0.4, -0.2) is 35.1 Å². The van der Waals surface area contributed by atoms with Crippen LogP contribution in [-0.2, 0) is 4.79 Å². The van der Waals surface area contributed by atoms with Crippen molar-refractivity contribution in [3.63, 3.8) is 0 Å². The van der Waals surface area contributed by atoms with Crippen molar-refractivity contribution in [2.45, 2.75) is 90.5 Å². The molecule has 1 heterocycles. The molecule has 1 rings (SSSR count). The second-order valence-electron chi connectivity index (χ2n) is 6.68. The fourth-order valence-corrected chi connectivity index (χ4v) is 3.33. The van der Waals surface area contributed by atoms with Crippen molar-refractivity contribution in [1.29, 1.82) is 0 Å². The summed E-state index contributed by atoms with van der Waals surface area (Å²) in [7, 11) is 0. The lowest BCUT2D eigenvalue weighted by molar-refractivity contribution is -0.133. The first-order valence-corrected chi connectivity index (χ1v) is 9.11. The van der Waals surface area contributed by atoms with Crippen LogP contribution in [0, 0.1) is 5.92 Å². The second kappa shape index (κ2) is 11.1. The van der Waals surface area contributed by atoms with Gasteiger partial charge in [-0.15, -0.1) is 0 Å². The highest BCUT2D eigenvalue weighted by atomic mass is 16.3. The molecule has 0 aromatic carbocycles. The molecule has 124 valence electrons. The summed E-state index contributed by atoms with van der Waals surface area (Å²) in [5.41, 5.74) is 0. The maximum Gasteiger partial charge on any atom is 0.222 e. The lowest BCUT2D eigenvalue weighted by Crippen LogP contribution is -2.39. The van der Waals surface area contributed by atoms with Gasteiger partial charge in [-0.25, -0.2) is 0 Å². The highest BCUT2D eigenvalue weighted by Gasteiger charge is 2.33. The maximum absolute atomic E-state index is 12.2. The minimum absolute atomic E-state index is 0.0658. The lowest BCUT2D eigenvalue weighted by Gasteiger charge is -2.25. The van der Waals surface area contributed by atoms with E-state index in [9.17, 15) is 9.90 Å². The molecule has 2 unspecified atom stereocenters. The molecule has 21 heavy (non-hydrogen) atoms. The van der Waals surface area contributed by atoms with Gasteiger partial charge in [0.05, 0.1) is 12.6 Å². The molecular weight excluding hydrogens is 262 g/mol. The summed E-state index contributed by atoms with van der Waals surface area (Å²) < 4.78 is 0. The number of nitrogens with zero attached hydrogens (tertiary/aromatic N) is 1. The molecule has 0 aromatic rings. The van der Waals surface area contributed by atoms with Crippen LogP contribution in [0.3, 0.4) is 0 Å². The van der Waals surface area contributed by atoms with Crippen LogP contribution >= 0.6 is 0 Å². The number of amides is 1. The van der Waals surface area contributed by atoms with Gasteiger partial charge in [-0.1, -0.05) is 65.2 Å². The zero-order valence-electron chi connectivity index (χ0n) is 14.1. The average Bonchev–Trinajstić information content (AvgIpc) is 2.86. The topological polar surface area (TPSA) is 40.5 Å². The molecule has 0 aromatic heterocycles. The van der Waals surface area contributed by atoms with Gasteiger partial charge in [0.2, 0.25) is 5.91 Å².